The van der Waals surface area contributed by atoms with Gasteiger partial charge in [-0.05, 0) is 6.92 Å². The van der Waals surface area contributed by atoms with Gasteiger partial charge in [-0.2, -0.15) is 13.2 Å². The van der Waals surface area contributed by atoms with Crippen molar-refractivity contribution in [3.8, 4) is 0 Å². The Morgan fingerprint density at radius 3 is 2.17 bits per heavy atom. The largest absolute Gasteiger partial charge is 0.433 e. The smallest absolute Gasteiger partial charge is 0.354 e. The standard InChI is InChI=1S/C16H24ClF3N4/c1-11(17)10-23-5-7-24(8-6-23)13-9-12(16(18,19)20)21-14(22-13)15(2,3)4/h9,11H,5-8,10H2,1-4H3. The van der Waals surface area contributed by atoms with Crippen LogP contribution in [0.2, 0.25) is 0 Å². The Morgan fingerprint density at radius 2 is 1.71 bits per heavy atom. The number of hydrogen-bond acceptors (Lipinski definition) is 4. The Morgan fingerprint density at radius 1 is 1.12 bits per heavy atom. The molecule has 8 heteroatoms. The molecule has 0 spiro atoms. The minimum atomic E-state index is -4.48. The molecule has 0 aromatic carbocycles. The quantitative estimate of drug-likeness (QED) is 0.768. The fourth-order valence-electron chi connectivity index (χ4n) is 2.59. The Labute approximate surface area is 146 Å². The van der Waals surface area contributed by atoms with Crippen molar-refractivity contribution >= 4 is 17.4 Å². The third-order valence-corrected chi connectivity index (χ3v) is 4.02. The SMILES string of the molecule is CC(Cl)CN1CCN(c2cc(C(F)(F)F)nc(C(C)(C)C)n2)CC1. The van der Waals surface area contributed by atoms with E-state index in [0.717, 1.165) is 25.7 Å². The number of halogens is 4. The summed E-state index contributed by atoms with van der Waals surface area (Å²) in [6, 6.07) is 1.05. The molecule has 1 unspecified atom stereocenters. The summed E-state index contributed by atoms with van der Waals surface area (Å²) in [6.07, 6.45) is -4.48. The molecule has 0 amide bonds. The van der Waals surface area contributed by atoms with Gasteiger partial charge in [0.1, 0.15) is 17.3 Å². The monoisotopic (exact) mass is 364 g/mol. The molecule has 1 aromatic heterocycles. The third-order valence-electron chi connectivity index (χ3n) is 3.88. The maximum absolute atomic E-state index is 13.2. The van der Waals surface area contributed by atoms with Crippen LogP contribution in [0.4, 0.5) is 19.0 Å². The number of rotatable bonds is 3. The summed E-state index contributed by atoms with van der Waals surface area (Å²) in [7, 11) is 0. The lowest BCUT2D eigenvalue weighted by Gasteiger charge is -2.36. The molecule has 2 rings (SSSR count). The Kier molecular flexibility index (Phi) is 5.64. The van der Waals surface area contributed by atoms with E-state index in [4.69, 9.17) is 11.6 Å². The molecule has 0 bridgehead atoms. The molecule has 4 nitrogen and oxygen atoms in total. The van der Waals surface area contributed by atoms with Crippen LogP contribution in [0, 0.1) is 0 Å². The molecule has 0 radical (unpaired) electrons. The van der Waals surface area contributed by atoms with Crippen molar-refractivity contribution in [2.45, 2.75) is 44.7 Å². The highest BCUT2D eigenvalue weighted by molar-refractivity contribution is 6.20. The van der Waals surface area contributed by atoms with E-state index in [2.05, 4.69) is 14.9 Å². The first-order valence-electron chi connectivity index (χ1n) is 8.05. The topological polar surface area (TPSA) is 32.3 Å². The van der Waals surface area contributed by atoms with E-state index in [-0.39, 0.29) is 11.2 Å². The fraction of sp³-hybridized carbons (Fsp3) is 0.750. The van der Waals surface area contributed by atoms with Gasteiger partial charge in [0, 0.05) is 49.6 Å². The van der Waals surface area contributed by atoms with E-state index >= 15 is 0 Å². The van der Waals surface area contributed by atoms with Crippen molar-refractivity contribution < 1.29 is 13.2 Å². The first-order chi connectivity index (χ1) is 11.0. The molecule has 0 N–H and O–H groups in total. The lowest BCUT2D eigenvalue weighted by molar-refractivity contribution is -0.141. The van der Waals surface area contributed by atoms with Crippen molar-refractivity contribution in [1.82, 2.24) is 14.9 Å². The highest BCUT2D eigenvalue weighted by Gasteiger charge is 2.35. The van der Waals surface area contributed by atoms with Gasteiger partial charge in [-0.25, -0.2) is 9.97 Å². The number of hydrogen-bond donors (Lipinski definition) is 0. The van der Waals surface area contributed by atoms with Crippen LogP contribution >= 0.6 is 11.6 Å². The molecule has 1 aliphatic heterocycles. The number of anilines is 1. The normalized spacial score (nSPS) is 18.8. The predicted molar refractivity (Wildman–Crippen MR) is 89.7 cm³/mol. The molecule has 0 aliphatic carbocycles. The zero-order chi connectivity index (χ0) is 18.1. The first-order valence-corrected chi connectivity index (χ1v) is 8.48. The lowest BCUT2D eigenvalue weighted by Crippen LogP contribution is -2.48. The summed E-state index contributed by atoms with van der Waals surface area (Å²) in [4.78, 5) is 12.2. The molecule has 2 heterocycles. The van der Waals surface area contributed by atoms with Crippen molar-refractivity contribution in [1.29, 1.82) is 0 Å². The molecular formula is C16H24ClF3N4. The fourth-order valence-corrected chi connectivity index (χ4v) is 2.79. The zero-order valence-electron chi connectivity index (χ0n) is 14.5. The van der Waals surface area contributed by atoms with Crippen LogP contribution in [0.15, 0.2) is 6.07 Å². The summed E-state index contributed by atoms with van der Waals surface area (Å²) in [6.45, 7) is 10.9. The van der Waals surface area contributed by atoms with Crippen LogP contribution in [-0.2, 0) is 11.6 Å². The first kappa shape index (κ1) is 19.2. The van der Waals surface area contributed by atoms with E-state index in [1.807, 2.05) is 32.6 Å². The highest BCUT2D eigenvalue weighted by Crippen LogP contribution is 2.32. The Bertz CT molecular complexity index is 529. The number of piperazine rings is 1. The minimum Gasteiger partial charge on any atom is -0.354 e. The van der Waals surface area contributed by atoms with Crippen molar-refractivity contribution in [3.63, 3.8) is 0 Å². The van der Waals surface area contributed by atoms with Gasteiger partial charge in [0.05, 0.1) is 0 Å². The molecule has 1 fully saturated rings. The second-order valence-corrected chi connectivity index (χ2v) is 8.00. The number of nitrogens with zero attached hydrogens (tertiary/aromatic N) is 4. The molecular weight excluding hydrogens is 341 g/mol. The predicted octanol–water partition coefficient (Wildman–Crippen LogP) is 3.54. The van der Waals surface area contributed by atoms with Crippen molar-refractivity contribution in [2.24, 2.45) is 0 Å². The second kappa shape index (κ2) is 7.04. The van der Waals surface area contributed by atoms with Gasteiger partial charge >= 0.3 is 6.18 Å². The molecule has 136 valence electrons. The minimum absolute atomic E-state index is 0.0555. The van der Waals surface area contributed by atoms with Crippen LogP contribution in [0.1, 0.15) is 39.2 Å². The average molecular weight is 365 g/mol. The van der Waals surface area contributed by atoms with Gasteiger partial charge < -0.3 is 4.90 Å². The highest BCUT2D eigenvalue weighted by atomic mass is 35.5. The molecule has 1 saturated heterocycles. The van der Waals surface area contributed by atoms with Crippen molar-refractivity contribution in [2.75, 3.05) is 37.6 Å². The lowest BCUT2D eigenvalue weighted by atomic mass is 9.95. The number of aromatic nitrogens is 2. The maximum Gasteiger partial charge on any atom is 0.433 e. The van der Waals surface area contributed by atoms with Crippen LogP contribution in [0.5, 0.6) is 0 Å². The number of alkyl halides is 4. The van der Waals surface area contributed by atoms with E-state index in [1.165, 1.54) is 0 Å². The van der Waals surface area contributed by atoms with Crippen molar-refractivity contribution in [3.05, 3.63) is 17.6 Å². The Balaban J connectivity index is 2.24. The second-order valence-electron chi connectivity index (χ2n) is 7.25. The van der Waals surface area contributed by atoms with Gasteiger partial charge in [-0.15, -0.1) is 11.6 Å². The van der Waals surface area contributed by atoms with Crippen LogP contribution in [0.25, 0.3) is 0 Å². The van der Waals surface area contributed by atoms with Gasteiger partial charge in [0.2, 0.25) is 0 Å². The molecule has 24 heavy (non-hydrogen) atoms. The summed E-state index contributed by atoms with van der Waals surface area (Å²) in [5, 5.41) is 0.0555. The van der Waals surface area contributed by atoms with Gasteiger partial charge in [-0.3, -0.25) is 4.90 Å². The van der Waals surface area contributed by atoms with E-state index in [9.17, 15) is 13.2 Å². The summed E-state index contributed by atoms with van der Waals surface area (Å²) >= 11 is 6.01. The van der Waals surface area contributed by atoms with Gasteiger partial charge in [0.25, 0.3) is 0 Å². The third kappa shape index (κ3) is 4.96. The summed E-state index contributed by atoms with van der Waals surface area (Å²) < 4.78 is 39.5. The molecule has 1 atom stereocenters. The maximum atomic E-state index is 13.2. The summed E-state index contributed by atoms with van der Waals surface area (Å²) in [5.74, 6) is 0.560. The van der Waals surface area contributed by atoms with Crippen LogP contribution in [0.3, 0.4) is 0 Å². The van der Waals surface area contributed by atoms with Gasteiger partial charge in [-0.1, -0.05) is 20.8 Å². The van der Waals surface area contributed by atoms with E-state index in [1.54, 1.807) is 0 Å². The molecule has 0 saturated carbocycles. The summed E-state index contributed by atoms with van der Waals surface area (Å²) in [5.41, 5.74) is -1.43. The Hall–Kier alpha value is -1.08. The van der Waals surface area contributed by atoms with Crippen LogP contribution in [-0.4, -0.2) is 53.0 Å². The zero-order valence-corrected chi connectivity index (χ0v) is 15.2. The molecule has 1 aliphatic rings. The molecule has 1 aromatic rings. The van der Waals surface area contributed by atoms with E-state index < -0.39 is 17.3 Å². The van der Waals surface area contributed by atoms with Crippen LogP contribution < -0.4 is 4.90 Å². The average Bonchev–Trinajstić information content (AvgIpc) is 2.45. The van der Waals surface area contributed by atoms with E-state index in [0.29, 0.717) is 18.9 Å². The van der Waals surface area contributed by atoms with Gasteiger partial charge in [0.15, 0.2) is 0 Å².